The Morgan fingerprint density at radius 3 is 2.44 bits per heavy atom. The fourth-order valence-corrected chi connectivity index (χ4v) is 3.55. The molecule has 0 radical (unpaired) electrons. The van der Waals surface area contributed by atoms with Crippen molar-refractivity contribution in [1.29, 1.82) is 0 Å². The van der Waals surface area contributed by atoms with Gasteiger partial charge in [0.2, 0.25) is 5.91 Å². The normalized spacial score (nSPS) is 11.5. The third-order valence-corrected chi connectivity index (χ3v) is 5.27. The minimum atomic E-state index is -4.57. The van der Waals surface area contributed by atoms with Crippen LogP contribution in [0.2, 0.25) is 5.02 Å². The van der Waals surface area contributed by atoms with Crippen LogP contribution in [0.4, 0.5) is 18.9 Å². The molecule has 4 aromatic rings. The van der Waals surface area contributed by atoms with Crippen molar-refractivity contribution in [1.82, 2.24) is 14.1 Å². The maximum absolute atomic E-state index is 13.2. The Balaban J connectivity index is 1.71. The van der Waals surface area contributed by atoms with Crippen molar-refractivity contribution in [2.45, 2.75) is 19.3 Å². The molecule has 0 unspecified atom stereocenters. The Hall–Kier alpha value is -3.92. The summed E-state index contributed by atoms with van der Waals surface area (Å²) in [6, 6.07) is 13.6. The molecule has 0 fully saturated rings. The van der Waals surface area contributed by atoms with Crippen LogP contribution >= 0.6 is 11.6 Å². The number of amides is 1. The average molecular weight is 489 g/mol. The molecule has 7 nitrogen and oxygen atoms in total. The van der Waals surface area contributed by atoms with Crippen molar-refractivity contribution in [3.8, 4) is 0 Å². The summed E-state index contributed by atoms with van der Waals surface area (Å²) < 4.78 is 40.9. The second kappa shape index (κ2) is 9.14. The molecule has 2 heterocycles. The SMILES string of the molecule is O=C(Cn1c(=O)n(Cc2ccc(Cl)cc2)c(=O)c2ncccc21)Nc1cccc(C(F)(F)F)c1. The molecule has 11 heteroatoms. The Bertz CT molecular complexity index is 1490. The van der Waals surface area contributed by atoms with Crippen LogP contribution in [0.25, 0.3) is 11.0 Å². The van der Waals surface area contributed by atoms with Crippen molar-refractivity contribution >= 4 is 34.2 Å². The van der Waals surface area contributed by atoms with E-state index in [9.17, 15) is 27.6 Å². The van der Waals surface area contributed by atoms with Gasteiger partial charge in [-0.2, -0.15) is 13.2 Å². The number of nitrogens with zero attached hydrogens (tertiary/aromatic N) is 3. The summed E-state index contributed by atoms with van der Waals surface area (Å²) >= 11 is 5.89. The number of fused-ring (bicyclic) bond motifs is 1. The second-order valence-corrected chi connectivity index (χ2v) is 7.82. The second-order valence-electron chi connectivity index (χ2n) is 7.38. The molecule has 1 N–H and O–H groups in total. The first-order valence-electron chi connectivity index (χ1n) is 9.93. The number of alkyl halides is 3. The number of benzene rings is 2. The smallest absolute Gasteiger partial charge is 0.325 e. The van der Waals surface area contributed by atoms with E-state index in [1.54, 1.807) is 24.3 Å². The molecular weight excluding hydrogens is 473 g/mol. The first kappa shape index (κ1) is 23.2. The Morgan fingerprint density at radius 1 is 1.00 bits per heavy atom. The number of carbonyl (C=O) groups is 1. The molecule has 0 saturated carbocycles. The summed E-state index contributed by atoms with van der Waals surface area (Å²) in [6.07, 6.45) is -3.19. The molecule has 0 aliphatic rings. The summed E-state index contributed by atoms with van der Waals surface area (Å²) in [6.45, 7) is -0.630. The van der Waals surface area contributed by atoms with Gasteiger partial charge in [-0.05, 0) is 48.0 Å². The van der Waals surface area contributed by atoms with Crippen LogP contribution in [-0.4, -0.2) is 20.0 Å². The number of hydrogen-bond acceptors (Lipinski definition) is 4. The number of aromatic nitrogens is 3. The van der Waals surface area contributed by atoms with Gasteiger partial charge in [0.25, 0.3) is 5.56 Å². The lowest BCUT2D eigenvalue weighted by molar-refractivity contribution is -0.137. The van der Waals surface area contributed by atoms with Gasteiger partial charge in [0.05, 0.1) is 17.6 Å². The van der Waals surface area contributed by atoms with E-state index in [4.69, 9.17) is 11.6 Å². The Labute approximate surface area is 195 Å². The zero-order valence-corrected chi connectivity index (χ0v) is 18.1. The van der Waals surface area contributed by atoms with Crippen LogP contribution in [0.3, 0.4) is 0 Å². The molecule has 174 valence electrons. The van der Waals surface area contributed by atoms with E-state index < -0.39 is 35.4 Å². The predicted molar refractivity (Wildman–Crippen MR) is 121 cm³/mol. The highest BCUT2D eigenvalue weighted by Gasteiger charge is 2.30. The van der Waals surface area contributed by atoms with Crippen molar-refractivity contribution in [3.63, 3.8) is 0 Å². The minimum absolute atomic E-state index is 0.0251. The highest BCUT2D eigenvalue weighted by molar-refractivity contribution is 6.30. The third-order valence-electron chi connectivity index (χ3n) is 5.02. The highest BCUT2D eigenvalue weighted by Crippen LogP contribution is 2.30. The Morgan fingerprint density at radius 2 is 1.74 bits per heavy atom. The summed E-state index contributed by atoms with van der Waals surface area (Å²) in [7, 11) is 0. The number of carbonyl (C=O) groups excluding carboxylic acids is 1. The lowest BCUT2D eigenvalue weighted by atomic mass is 10.2. The van der Waals surface area contributed by atoms with Crippen LogP contribution in [0.15, 0.2) is 76.4 Å². The molecule has 4 rings (SSSR count). The van der Waals surface area contributed by atoms with E-state index in [1.165, 1.54) is 24.4 Å². The van der Waals surface area contributed by atoms with Gasteiger partial charge in [-0.25, -0.2) is 9.78 Å². The molecule has 34 heavy (non-hydrogen) atoms. The van der Waals surface area contributed by atoms with E-state index in [0.717, 1.165) is 27.3 Å². The van der Waals surface area contributed by atoms with E-state index in [0.29, 0.717) is 10.6 Å². The number of hydrogen-bond donors (Lipinski definition) is 1. The quantitative estimate of drug-likeness (QED) is 0.461. The predicted octanol–water partition coefficient (Wildman–Crippen LogP) is 3.92. The number of nitrogens with one attached hydrogen (secondary N) is 1. The highest BCUT2D eigenvalue weighted by atomic mass is 35.5. The summed E-state index contributed by atoms with van der Waals surface area (Å²) in [5.74, 6) is -0.747. The lowest BCUT2D eigenvalue weighted by Crippen LogP contribution is -2.42. The summed E-state index contributed by atoms with van der Waals surface area (Å²) in [4.78, 5) is 42.8. The van der Waals surface area contributed by atoms with Crippen LogP contribution < -0.4 is 16.6 Å². The molecule has 2 aromatic heterocycles. The number of pyridine rings is 1. The fourth-order valence-electron chi connectivity index (χ4n) is 3.42. The molecule has 0 aliphatic heterocycles. The molecule has 0 spiro atoms. The first-order valence-corrected chi connectivity index (χ1v) is 10.3. The largest absolute Gasteiger partial charge is 0.416 e. The third kappa shape index (κ3) is 4.86. The molecule has 0 bridgehead atoms. The van der Waals surface area contributed by atoms with E-state index >= 15 is 0 Å². The molecule has 1 amide bonds. The zero-order valence-electron chi connectivity index (χ0n) is 17.3. The van der Waals surface area contributed by atoms with Gasteiger partial charge in [-0.3, -0.25) is 18.7 Å². The number of anilines is 1. The van der Waals surface area contributed by atoms with Crippen molar-refractivity contribution in [2.24, 2.45) is 0 Å². The minimum Gasteiger partial charge on any atom is -0.325 e. The van der Waals surface area contributed by atoms with Gasteiger partial charge < -0.3 is 5.32 Å². The van der Waals surface area contributed by atoms with Crippen LogP contribution in [0, 0.1) is 0 Å². The van der Waals surface area contributed by atoms with Gasteiger partial charge in [0, 0.05) is 16.9 Å². The molecule has 0 atom stereocenters. The lowest BCUT2D eigenvalue weighted by Gasteiger charge is -2.14. The van der Waals surface area contributed by atoms with Crippen LogP contribution in [-0.2, 0) is 24.1 Å². The standard InChI is InChI=1S/C23H16ClF3N4O3/c24-16-8-6-14(7-9-16)12-31-21(33)20-18(5-2-10-28-20)30(22(31)34)13-19(32)29-17-4-1-3-15(11-17)23(25,26)27/h1-11H,12-13H2,(H,29,32). The fraction of sp³-hybridized carbons (Fsp3) is 0.130. The maximum atomic E-state index is 13.2. The van der Waals surface area contributed by atoms with Gasteiger partial charge in [-0.1, -0.05) is 29.8 Å². The summed E-state index contributed by atoms with van der Waals surface area (Å²) in [5.41, 5.74) is -1.67. The van der Waals surface area contributed by atoms with Gasteiger partial charge in [0.15, 0.2) is 5.52 Å². The van der Waals surface area contributed by atoms with Crippen LogP contribution in [0.1, 0.15) is 11.1 Å². The van der Waals surface area contributed by atoms with E-state index in [1.807, 2.05) is 0 Å². The zero-order chi connectivity index (χ0) is 24.5. The van der Waals surface area contributed by atoms with Gasteiger partial charge >= 0.3 is 11.9 Å². The monoisotopic (exact) mass is 488 g/mol. The van der Waals surface area contributed by atoms with Gasteiger partial charge in [0.1, 0.15) is 6.54 Å². The topological polar surface area (TPSA) is 86.0 Å². The molecule has 2 aromatic carbocycles. The maximum Gasteiger partial charge on any atom is 0.416 e. The molecule has 0 saturated heterocycles. The Kier molecular flexibility index (Phi) is 6.25. The van der Waals surface area contributed by atoms with E-state index in [-0.39, 0.29) is 23.3 Å². The van der Waals surface area contributed by atoms with Crippen LogP contribution in [0.5, 0.6) is 0 Å². The van der Waals surface area contributed by atoms with E-state index in [2.05, 4.69) is 10.3 Å². The van der Waals surface area contributed by atoms with Crippen molar-refractivity contribution < 1.29 is 18.0 Å². The molecule has 0 aliphatic carbocycles. The first-order chi connectivity index (χ1) is 16.1. The molecular formula is C23H16ClF3N4O3. The van der Waals surface area contributed by atoms with Crippen molar-refractivity contribution in [3.05, 3.63) is 104 Å². The number of rotatable bonds is 5. The average Bonchev–Trinajstić information content (AvgIpc) is 2.80. The van der Waals surface area contributed by atoms with Crippen molar-refractivity contribution in [2.75, 3.05) is 5.32 Å². The van der Waals surface area contributed by atoms with Gasteiger partial charge in [-0.15, -0.1) is 0 Å². The summed E-state index contributed by atoms with van der Waals surface area (Å²) in [5, 5.41) is 2.85. The number of halogens is 4.